The number of fused-ring (bicyclic) bond motifs is 1. The minimum absolute atomic E-state index is 0.0352. The molecule has 1 saturated heterocycles. The normalized spacial score (nSPS) is 17.5. The van der Waals surface area contributed by atoms with E-state index in [4.69, 9.17) is 9.15 Å². The monoisotopic (exact) mass is 381 g/mol. The molecule has 1 atom stereocenters. The first-order valence-electron chi connectivity index (χ1n) is 8.18. The summed E-state index contributed by atoms with van der Waals surface area (Å²) in [6.45, 7) is 0.881. The van der Waals surface area contributed by atoms with Crippen LogP contribution in [0.3, 0.4) is 0 Å². The second-order valence-electron chi connectivity index (χ2n) is 6.07. The predicted molar refractivity (Wildman–Crippen MR) is 84.8 cm³/mol. The number of hydrogen-bond donors (Lipinski definition) is 1. The second kappa shape index (κ2) is 6.65. The van der Waals surface area contributed by atoms with Crippen molar-refractivity contribution in [2.24, 2.45) is 0 Å². The summed E-state index contributed by atoms with van der Waals surface area (Å²) in [7, 11) is 0. The number of ether oxygens (including phenoxy) is 1. The maximum absolute atomic E-state index is 13.3. The lowest BCUT2D eigenvalue weighted by Crippen LogP contribution is -2.33. The van der Waals surface area contributed by atoms with E-state index in [1.807, 2.05) is 0 Å². The van der Waals surface area contributed by atoms with Gasteiger partial charge < -0.3 is 14.5 Å². The first kappa shape index (κ1) is 17.5. The fourth-order valence-corrected chi connectivity index (χ4v) is 2.92. The molecule has 8 nitrogen and oxygen atoms in total. The van der Waals surface area contributed by atoms with E-state index in [1.165, 1.54) is 6.20 Å². The third-order valence-corrected chi connectivity index (χ3v) is 4.25. The lowest BCUT2D eigenvalue weighted by atomic mass is 10.1. The van der Waals surface area contributed by atoms with Gasteiger partial charge in [0.25, 0.3) is 5.91 Å². The van der Waals surface area contributed by atoms with Gasteiger partial charge in [-0.3, -0.25) is 9.20 Å². The van der Waals surface area contributed by atoms with Gasteiger partial charge in [0.2, 0.25) is 5.82 Å². The van der Waals surface area contributed by atoms with Crippen LogP contribution in [0.5, 0.6) is 0 Å². The van der Waals surface area contributed by atoms with Gasteiger partial charge in [-0.2, -0.15) is 13.2 Å². The number of alkyl halides is 3. The van der Waals surface area contributed by atoms with E-state index in [0.717, 1.165) is 35.9 Å². The third-order valence-electron chi connectivity index (χ3n) is 4.25. The zero-order chi connectivity index (χ0) is 19.0. The molecule has 3 aromatic rings. The summed E-state index contributed by atoms with van der Waals surface area (Å²) < 4.78 is 51.5. The molecular formula is C16H14F3N5O3. The minimum Gasteiger partial charge on any atom is -0.443 e. The molecule has 27 heavy (non-hydrogen) atoms. The molecule has 1 unspecified atom stereocenters. The molecule has 1 aliphatic heterocycles. The molecule has 4 rings (SSSR count). The van der Waals surface area contributed by atoms with Gasteiger partial charge in [0.1, 0.15) is 0 Å². The summed E-state index contributed by atoms with van der Waals surface area (Å²) in [6, 6.07) is 0.887. The van der Waals surface area contributed by atoms with E-state index < -0.39 is 17.6 Å². The van der Waals surface area contributed by atoms with E-state index in [1.54, 1.807) is 0 Å². The number of pyridine rings is 1. The summed E-state index contributed by atoms with van der Waals surface area (Å²) in [5, 5.41) is 10.3. The molecular weight excluding hydrogens is 367 g/mol. The quantitative estimate of drug-likeness (QED) is 0.745. The summed E-state index contributed by atoms with van der Waals surface area (Å²) >= 11 is 0. The number of carbonyl (C=O) groups is 1. The first-order valence-corrected chi connectivity index (χ1v) is 8.18. The smallest absolute Gasteiger partial charge is 0.417 e. The Morgan fingerprint density at radius 1 is 1.37 bits per heavy atom. The molecule has 142 valence electrons. The van der Waals surface area contributed by atoms with Crippen LogP contribution in [0, 0.1) is 0 Å². The van der Waals surface area contributed by atoms with E-state index in [-0.39, 0.29) is 35.4 Å². The Labute approximate surface area is 150 Å². The van der Waals surface area contributed by atoms with Gasteiger partial charge >= 0.3 is 6.18 Å². The van der Waals surface area contributed by atoms with Gasteiger partial charge in [-0.25, -0.2) is 4.98 Å². The van der Waals surface area contributed by atoms with Crippen molar-refractivity contribution in [1.29, 1.82) is 0 Å². The maximum atomic E-state index is 13.3. The number of hydrogen-bond acceptors (Lipinski definition) is 6. The van der Waals surface area contributed by atoms with Crippen molar-refractivity contribution in [2.45, 2.75) is 25.1 Å². The topological polar surface area (TPSA) is 94.5 Å². The largest absolute Gasteiger partial charge is 0.443 e. The van der Waals surface area contributed by atoms with Crippen LogP contribution in [-0.4, -0.2) is 44.7 Å². The fraction of sp³-hybridized carbons (Fsp3) is 0.375. The molecule has 1 N–H and O–H groups in total. The van der Waals surface area contributed by atoms with Crippen molar-refractivity contribution >= 4 is 11.6 Å². The Kier molecular flexibility index (Phi) is 4.30. The third kappa shape index (κ3) is 3.37. The van der Waals surface area contributed by atoms with Gasteiger partial charge in [-0.15, -0.1) is 10.2 Å². The highest BCUT2D eigenvalue weighted by Crippen LogP contribution is 2.34. The van der Waals surface area contributed by atoms with E-state index in [2.05, 4.69) is 20.5 Å². The van der Waals surface area contributed by atoms with Crippen LogP contribution < -0.4 is 5.32 Å². The van der Waals surface area contributed by atoms with Crippen LogP contribution in [0.1, 0.15) is 29.0 Å². The number of aromatic nitrogens is 4. The Balaban J connectivity index is 1.73. The number of amides is 1. The van der Waals surface area contributed by atoms with Gasteiger partial charge in [0.15, 0.2) is 17.8 Å². The molecule has 1 aliphatic rings. The first-order chi connectivity index (χ1) is 12.9. The van der Waals surface area contributed by atoms with Gasteiger partial charge in [0.05, 0.1) is 23.4 Å². The highest BCUT2D eigenvalue weighted by molar-refractivity contribution is 5.92. The maximum Gasteiger partial charge on any atom is 0.417 e. The predicted octanol–water partition coefficient (Wildman–Crippen LogP) is 2.31. The molecule has 11 heteroatoms. The van der Waals surface area contributed by atoms with Crippen molar-refractivity contribution < 1.29 is 27.1 Å². The summed E-state index contributed by atoms with van der Waals surface area (Å²) in [4.78, 5) is 16.1. The summed E-state index contributed by atoms with van der Waals surface area (Å²) in [5.74, 6) is -0.805. The summed E-state index contributed by atoms with van der Waals surface area (Å²) in [5.41, 5.74) is -0.871. The molecule has 0 saturated carbocycles. The highest BCUT2D eigenvalue weighted by atomic mass is 19.4. The molecule has 0 aliphatic carbocycles. The van der Waals surface area contributed by atoms with Gasteiger partial charge in [-0.05, 0) is 18.9 Å². The van der Waals surface area contributed by atoms with Gasteiger partial charge in [-0.1, -0.05) is 0 Å². The average molecular weight is 381 g/mol. The average Bonchev–Trinajstić information content (AvgIpc) is 3.39. The molecule has 0 bridgehead atoms. The Hall–Kier alpha value is -2.95. The SMILES string of the molecule is O=C(NCC1CCCO1)c1nnc2c(-c3cnco3)cc(C(F)(F)F)cn12. The number of nitrogens with one attached hydrogen (secondary N) is 1. The van der Waals surface area contributed by atoms with Crippen LogP contribution >= 0.6 is 0 Å². The zero-order valence-corrected chi connectivity index (χ0v) is 13.9. The lowest BCUT2D eigenvalue weighted by Gasteiger charge is -2.11. The van der Waals surface area contributed by atoms with Crippen LogP contribution in [-0.2, 0) is 10.9 Å². The van der Waals surface area contributed by atoms with Crippen LogP contribution in [0.4, 0.5) is 13.2 Å². The highest BCUT2D eigenvalue weighted by Gasteiger charge is 2.33. The number of halogens is 3. The van der Waals surface area contributed by atoms with Crippen molar-refractivity contribution in [3.05, 3.63) is 36.2 Å². The number of carbonyl (C=O) groups excluding carboxylic acids is 1. The molecule has 3 aromatic heterocycles. The molecule has 0 aromatic carbocycles. The van der Waals surface area contributed by atoms with Crippen LogP contribution in [0.15, 0.2) is 29.3 Å². The standard InChI is InChI=1S/C16H14F3N5O3/c17-16(18,19)9-4-11(12-6-20-8-27-12)13-22-23-14(24(13)7-9)15(25)21-5-10-2-1-3-26-10/h4,6-8,10H,1-3,5H2,(H,21,25). The summed E-state index contributed by atoms with van der Waals surface area (Å²) in [6.07, 6.45) is 0.135. The van der Waals surface area contributed by atoms with E-state index in [9.17, 15) is 18.0 Å². The molecule has 0 spiro atoms. The van der Waals surface area contributed by atoms with E-state index in [0.29, 0.717) is 6.61 Å². The van der Waals surface area contributed by atoms with Crippen molar-refractivity contribution in [3.8, 4) is 11.3 Å². The second-order valence-corrected chi connectivity index (χ2v) is 6.07. The lowest BCUT2D eigenvalue weighted by molar-refractivity contribution is -0.137. The van der Waals surface area contributed by atoms with Crippen LogP contribution in [0.2, 0.25) is 0 Å². The number of rotatable bonds is 4. The molecule has 1 amide bonds. The van der Waals surface area contributed by atoms with Crippen molar-refractivity contribution in [2.75, 3.05) is 13.2 Å². The number of nitrogens with zero attached hydrogens (tertiary/aromatic N) is 4. The van der Waals surface area contributed by atoms with Gasteiger partial charge in [0, 0.05) is 19.3 Å². The Morgan fingerprint density at radius 2 is 2.22 bits per heavy atom. The van der Waals surface area contributed by atoms with Crippen LogP contribution in [0.25, 0.3) is 17.0 Å². The zero-order valence-electron chi connectivity index (χ0n) is 13.9. The van der Waals surface area contributed by atoms with Crippen molar-refractivity contribution in [1.82, 2.24) is 24.9 Å². The molecule has 0 radical (unpaired) electrons. The van der Waals surface area contributed by atoms with Crippen molar-refractivity contribution in [3.63, 3.8) is 0 Å². The fourth-order valence-electron chi connectivity index (χ4n) is 2.92. The van der Waals surface area contributed by atoms with E-state index >= 15 is 0 Å². The Bertz CT molecular complexity index is 962. The Morgan fingerprint density at radius 3 is 2.89 bits per heavy atom. The minimum atomic E-state index is -4.63. The molecule has 4 heterocycles. The molecule has 1 fully saturated rings. The number of oxazole rings is 1.